The van der Waals surface area contributed by atoms with Gasteiger partial charge < -0.3 is 15.4 Å². The average molecular weight is 293 g/mol. The number of hydrogen-bond acceptors (Lipinski definition) is 6. The number of nitrogens with one attached hydrogen (secondary N) is 2. The first-order chi connectivity index (χ1) is 9.44. The molecule has 0 bridgehead atoms. The Morgan fingerprint density at radius 3 is 2.20 bits per heavy atom. The van der Waals surface area contributed by atoms with Gasteiger partial charge in [0.1, 0.15) is 6.54 Å². The van der Waals surface area contributed by atoms with Crippen LogP contribution in [0, 0.1) is 0 Å². The molecule has 0 aromatic carbocycles. The molecule has 0 fully saturated rings. The van der Waals surface area contributed by atoms with Crippen molar-refractivity contribution >= 4 is 11.9 Å². The third-order valence-corrected chi connectivity index (χ3v) is 2.03. The molecule has 20 heavy (non-hydrogen) atoms. The van der Waals surface area contributed by atoms with Crippen LogP contribution in [0.3, 0.4) is 0 Å². The number of hydrogen-bond donors (Lipinski definition) is 2. The lowest BCUT2D eigenvalue weighted by molar-refractivity contribution is -0.115. The van der Waals surface area contributed by atoms with E-state index in [1.807, 2.05) is 13.8 Å². The van der Waals surface area contributed by atoms with Gasteiger partial charge in [0.15, 0.2) is 0 Å². The number of alkyl halides is 3. The van der Waals surface area contributed by atoms with Gasteiger partial charge >= 0.3 is 12.2 Å². The fourth-order valence-electron chi connectivity index (χ4n) is 1.19. The van der Waals surface area contributed by atoms with Crippen molar-refractivity contribution in [2.75, 3.05) is 30.3 Å². The van der Waals surface area contributed by atoms with E-state index in [1.54, 1.807) is 0 Å². The van der Waals surface area contributed by atoms with E-state index in [2.05, 4.69) is 25.6 Å². The van der Waals surface area contributed by atoms with E-state index >= 15 is 0 Å². The summed E-state index contributed by atoms with van der Waals surface area (Å²) in [4.78, 5) is 11.6. The van der Waals surface area contributed by atoms with Crippen molar-refractivity contribution < 1.29 is 17.9 Å². The molecule has 0 amide bonds. The van der Waals surface area contributed by atoms with E-state index in [-0.39, 0.29) is 17.9 Å². The summed E-state index contributed by atoms with van der Waals surface area (Å²) in [6, 6.07) is 0.00475. The molecule has 114 valence electrons. The Hall–Kier alpha value is -1.80. The Morgan fingerprint density at radius 1 is 1.00 bits per heavy atom. The summed E-state index contributed by atoms with van der Waals surface area (Å²) in [5, 5.41) is 5.00. The maximum atomic E-state index is 12.2. The lowest BCUT2D eigenvalue weighted by Gasteiger charge is -2.11. The molecule has 1 aromatic heterocycles. The molecule has 6 nitrogen and oxygen atoms in total. The minimum atomic E-state index is -4.34. The molecule has 1 rings (SSSR count). The van der Waals surface area contributed by atoms with Crippen LogP contribution in [0.25, 0.3) is 0 Å². The van der Waals surface area contributed by atoms with Crippen LogP contribution in [-0.2, 0) is 0 Å². The lowest BCUT2D eigenvalue weighted by atomic mass is 10.5. The molecular formula is C11H18F3N5O. The molecule has 0 unspecified atom stereocenters. The van der Waals surface area contributed by atoms with Crippen LogP contribution in [0.4, 0.5) is 25.1 Å². The molecule has 9 heteroatoms. The first-order valence-corrected chi connectivity index (χ1v) is 6.38. The number of nitrogens with zero attached hydrogens (tertiary/aromatic N) is 3. The first-order valence-electron chi connectivity index (χ1n) is 6.38. The van der Waals surface area contributed by atoms with Crippen LogP contribution in [0.5, 0.6) is 6.01 Å². The monoisotopic (exact) mass is 293 g/mol. The van der Waals surface area contributed by atoms with Crippen LogP contribution in [0.1, 0.15) is 26.7 Å². The summed E-state index contributed by atoms with van der Waals surface area (Å²) in [6.07, 6.45) is -2.76. The minimum Gasteiger partial charge on any atom is -0.463 e. The molecule has 0 spiro atoms. The summed E-state index contributed by atoms with van der Waals surface area (Å²) in [5.41, 5.74) is 0. The molecule has 0 radical (unpaired) electrons. The van der Waals surface area contributed by atoms with Crippen molar-refractivity contribution in [3.8, 4) is 6.01 Å². The molecule has 1 aromatic rings. The Labute approximate surface area is 115 Å². The predicted molar refractivity (Wildman–Crippen MR) is 68.9 cm³/mol. The van der Waals surface area contributed by atoms with Crippen molar-refractivity contribution in [2.24, 2.45) is 0 Å². The standard InChI is InChI=1S/C11H18F3N5O/c1-3-5-15-8-17-9(16-7-11(12,13)14)19-10(18-8)20-6-4-2/h3-7H2,1-2H3,(H2,15,16,17,18,19). The maximum absolute atomic E-state index is 12.2. The lowest BCUT2D eigenvalue weighted by Crippen LogP contribution is -2.23. The molecule has 2 N–H and O–H groups in total. The molecule has 0 saturated carbocycles. The Balaban J connectivity index is 2.79. The summed E-state index contributed by atoms with van der Waals surface area (Å²) in [6.45, 7) is 3.63. The van der Waals surface area contributed by atoms with Gasteiger partial charge in [0.2, 0.25) is 11.9 Å². The Kier molecular flexibility index (Phi) is 6.26. The predicted octanol–water partition coefficient (Wildman–Crippen LogP) is 2.46. The van der Waals surface area contributed by atoms with E-state index in [1.165, 1.54) is 0 Å². The topological polar surface area (TPSA) is 72.0 Å². The van der Waals surface area contributed by atoms with Gasteiger partial charge in [-0.15, -0.1) is 0 Å². The first kappa shape index (κ1) is 16.3. The van der Waals surface area contributed by atoms with Crippen LogP contribution < -0.4 is 15.4 Å². The molecule has 0 saturated heterocycles. The molecule has 0 aliphatic rings. The van der Waals surface area contributed by atoms with E-state index < -0.39 is 12.7 Å². The minimum absolute atomic E-state index is 0.00475. The fourth-order valence-corrected chi connectivity index (χ4v) is 1.19. The zero-order valence-electron chi connectivity index (χ0n) is 11.4. The normalized spacial score (nSPS) is 11.2. The van der Waals surface area contributed by atoms with Crippen LogP contribution in [0.2, 0.25) is 0 Å². The third-order valence-electron chi connectivity index (χ3n) is 2.03. The molecule has 0 aliphatic heterocycles. The number of aromatic nitrogens is 3. The third kappa shape index (κ3) is 6.39. The van der Waals surface area contributed by atoms with Crippen LogP contribution in [0.15, 0.2) is 0 Å². The number of anilines is 2. The summed E-state index contributed by atoms with van der Waals surface area (Å²) in [7, 11) is 0. The summed E-state index contributed by atoms with van der Waals surface area (Å²) >= 11 is 0. The van der Waals surface area contributed by atoms with Crippen molar-refractivity contribution in [3.63, 3.8) is 0 Å². The summed E-state index contributed by atoms with van der Waals surface area (Å²) < 4.78 is 41.7. The largest absolute Gasteiger partial charge is 0.463 e. The van der Waals surface area contributed by atoms with E-state index in [4.69, 9.17) is 4.74 Å². The van der Waals surface area contributed by atoms with Gasteiger partial charge in [0.25, 0.3) is 0 Å². The fraction of sp³-hybridized carbons (Fsp3) is 0.727. The van der Waals surface area contributed by atoms with Gasteiger partial charge in [-0.1, -0.05) is 13.8 Å². The second-order valence-electron chi connectivity index (χ2n) is 4.01. The number of halogens is 3. The van der Waals surface area contributed by atoms with Crippen molar-refractivity contribution in [3.05, 3.63) is 0 Å². The highest BCUT2D eigenvalue weighted by Gasteiger charge is 2.27. The molecule has 1 heterocycles. The molecule has 0 atom stereocenters. The SMILES string of the molecule is CCCNc1nc(NCC(F)(F)F)nc(OCCC)n1. The highest BCUT2D eigenvalue weighted by atomic mass is 19.4. The molecule has 0 aliphatic carbocycles. The highest BCUT2D eigenvalue weighted by molar-refractivity contribution is 5.35. The van der Waals surface area contributed by atoms with Gasteiger partial charge in [0.05, 0.1) is 6.61 Å². The Bertz CT molecular complexity index is 387. The second kappa shape index (κ2) is 7.71. The van der Waals surface area contributed by atoms with Gasteiger partial charge in [-0.25, -0.2) is 0 Å². The second-order valence-corrected chi connectivity index (χ2v) is 4.01. The zero-order valence-corrected chi connectivity index (χ0v) is 11.4. The van der Waals surface area contributed by atoms with Crippen molar-refractivity contribution in [1.82, 2.24) is 15.0 Å². The maximum Gasteiger partial charge on any atom is 0.405 e. The van der Waals surface area contributed by atoms with Crippen molar-refractivity contribution in [2.45, 2.75) is 32.9 Å². The van der Waals surface area contributed by atoms with Gasteiger partial charge in [-0.2, -0.15) is 28.1 Å². The molecular weight excluding hydrogens is 275 g/mol. The highest BCUT2D eigenvalue weighted by Crippen LogP contribution is 2.16. The van der Waals surface area contributed by atoms with Crippen molar-refractivity contribution in [1.29, 1.82) is 0 Å². The van der Waals surface area contributed by atoms with E-state index in [0.717, 1.165) is 12.8 Å². The van der Waals surface area contributed by atoms with Gasteiger partial charge in [-0.3, -0.25) is 0 Å². The smallest absolute Gasteiger partial charge is 0.405 e. The quantitative estimate of drug-likeness (QED) is 0.767. The van der Waals surface area contributed by atoms with Crippen LogP contribution >= 0.6 is 0 Å². The van der Waals surface area contributed by atoms with Gasteiger partial charge in [-0.05, 0) is 12.8 Å². The summed E-state index contributed by atoms with van der Waals surface area (Å²) in [5.74, 6) is 0.0275. The van der Waals surface area contributed by atoms with E-state index in [0.29, 0.717) is 13.2 Å². The van der Waals surface area contributed by atoms with E-state index in [9.17, 15) is 13.2 Å². The number of rotatable bonds is 8. The zero-order chi connectivity index (χ0) is 15.0. The van der Waals surface area contributed by atoms with Crippen LogP contribution in [-0.4, -0.2) is 40.8 Å². The number of ether oxygens (including phenoxy) is 1. The van der Waals surface area contributed by atoms with Gasteiger partial charge in [0, 0.05) is 6.54 Å². The Morgan fingerprint density at radius 2 is 1.65 bits per heavy atom. The average Bonchev–Trinajstić information content (AvgIpc) is 2.40.